The summed E-state index contributed by atoms with van der Waals surface area (Å²) >= 11 is 1.74. The van der Waals surface area contributed by atoms with E-state index in [0.717, 1.165) is 41.6 Å². The third-order valence-electron chi connectivity index (χ3n) is 2.96. The highest BCUT2D eigenvalue weighted by molar-refractivity contribution is 8.02. The van der Waals surface area contributed by atoms with Crippen LogP contribution in [0.15, 0.2) is 72.9 Å². The van der Waals surface area contributed by atoms with Crippen molar-refractivity contribution in [1.29, 1.82) is 0 Å². The average molecular weight is 346 g/mol. The molecule has 1 rings (SSSR count). The highest BCUT2D eigenvalue weighted by atomic mass is 32.2. The Morgan fingerprint density at radius 2 is 1.88 bits per heavy atom. The molecule has 0 unspecified atom stereocenters. The van der Waals surface area contributed by atoms with E-state index in [9.17, 15) is 0 Å². The Bertz CT molecular complexity index is 517. The van der Waals surface area contributed by atoms with Gasteiger partial charge in [-0.3, -0.25) is 0 Å². The summed E-state index contributed by atoms with van der Waals surface area (Å²) in [5.74, 6) is 2.55. The summed E-state index contributed by atoms with van der Waals surface area (Å²) in [5.41, 5.74) is 1.25. The van der Waals surface area contributed by atoms with Gasteiger partial charge in [0.1, 0.15) is 5.75 Å². The molecular weight excluding hydrogens is 314 g/mol. The van der Waals surface area contributed by atoms with Crippen LogP contribution in [0.25, 0.3) is 0 Å². The Hall–Kier alpha value is -1.71. The second-order valence-corrected chi connectivity index (χ2v) is 5.84. The number of nitrogens with one attached hydrogen (secondary N) is 1. The molecule has 0 fully saturated rings. The molecule has 0 saturated carbocycles. The van der Waals surface area contributed by atoms with Crippen LogP contribution in [0.4, 0.5) is 0 Å². The summed E-state index contributed by atoms with van der Waals surface area (Å²) in [4.78, 5) is 1.12. The maximum atomic E-state index is 5.73. The second-order valence-electron chi connectivity index (χ2n) is 4.79. The summed E-state index contributed by atoms with van der Waals surface area (Å²) < 4.78 is 5.73. The minimum absolute atomic E-state index is 0.806. The molecule has 1 aromatic carbocycles. The van der Waals surface area contributed by atoms with E-state index in [1.54, 1.807) is 17.8 Å². The standard InChI is InChI=1S/C19H25NOS.C2H6/c1-5-8-19(6-2)22-15-17-10-12-18(13-11-17)21-16(3)9-7-14-20-4;1-2/h5-6,8,10-13,20H,1-3,7,9,14-15H2,4H3;1-2H3/b19-8+;. The molecule has 132 valence electrons. The van der Waals surface area contributed by atoms with E-state index in [1.165, 1.54) is 5.56 Å². The van der Waals surface area contributed by atoms with Gasteiger partial charge in [-0.1, -0.05) is 57.9 Å². The molecule has 0 spiro atoms. The third kappa shape index (κ3) is 10.1. The molecule has 0 heterocycles. The van der Waals surface area contributed by atoms with Crippen molar-refractivity contribution in [2.75, 3.05) is 13.6 Å². The van der Waals surface area contributed by atoms with Gasteiger partial charge >= 0.3 is 0 Å². The number of thioether (sulfide) groups is 1. The minimum Gasteiger partial charge on any atom is -0.462 e. The van der Waals surface area contributed by atoms with E-state index in [0.29, 0.717) is 0 Å². The molecule has 1 N–H and O–H groups in total. The molecule has 2 nitrogen and oxygen atoms in total. The van der Waals surface area contributed by atoms with Crippen molar-refractivity contribution in [1.82, 2.24) is 5.32 Å². The van der Waals surface area contributed by atoms with Gasteiger partial charge in [0.15, 0.2) is 0 Å². The van der Waals surface area contributed by atoms with Gasteiger partial charge in [-0.25, -0.2) is 0 Å². The van der Waals surface area contributed by atoms with Crippen molar-refractivity contribution in [3.63, 3.8) is 0 Å². The fraction of sp³-hybridized carbons (Fsp3) is 0.333. The number of benzene rings is 1. The minimum atomic E-state index is 0.806. The van der Waals surface area contributed by atoms with Gasteiger partial charge in [0.2, 0.25) is 0 Å². The van der Waals surface area contributed by atoms with Gasteiger partial charge < -0.3 is 10.1 Å². The first-order valence-electron chi connectivity index (χ1n) is 8.36. The van der Waals surface area contributed by atoms with Gasteiger partial charge in [0, 0.05) is 17.1 Å². The number of ether oxygens (including phenoxy) is 1. The smallest absolute Gasteiger partial charge is 0.126 e. The van der Waals surface area contributed by atoms with Gasteiger partial charge in [0.05, 0.1) is 5.76 Å². The second kappa shape index (κ2) is 14.9. The largest absolute Gasteiger partial charge is 0.462 e. The van der Waals surface area contributed by atoms with Crippen LogP contribution >= 0.6 is 11.8 Å². The van der Waals surface area contributed by atoms with Crippen LogP contribution in [0.3, 0.4) is 0 Å². The van der Waals surface area contributed by atoms with Crippen LogP contribution in [0.5, 0.6) is 5.75 Å². The van der Waals surface area contributed by atoms with Crippen molar-refractivity contribution in [2.24, 2.45) is 0 Å². The lowest BCUT2D eigenvalue weighted by Crippen LogP contribution is -2.08. The summed E-state index contributed by atoms with van der Waals surface area (Å²) in [6.45, 7) is 16.4. The highest BCUT2D eigenvalue weighted by Crippen LogP contribution is 2.24. The fourth-order valence-corrected chi connectivity index (χ4v) is 2.63. The molecule has 3 heteroatoms. The SMILES string of the molecule is C=C/C=C(\C=C)SCc1ccc(OC(=C)CCCNC)cc1.CC. The van der Waals surface area contributed by atoms with Crippen LogP contribution in [-0.4, -0.2) is 13.6 Å². The lowest BCUT2D eigenvalue weighted by molar-refractivity contribution is 0.401. The molecule has 0 saturated heterocycles. The number of allylic oxidation sites excluding steroid dienone is 4. The molecule has 1 aromatic rings. The lowest BCUT2D eigenvalue weighted by atomic mass is 10.2. The van der Waals surface area contributed by atoms with Crippen LogP contribution in [0.1, 0.15) is 32.3 Å². The summed E-state index contributed by atoms with van der Waals surface area (Å²) in [5, 5.41) is 3.11. The van der Waals surface area contributed by atoms with Crippen molar-refractivity contribution < 1.29 is 4.74 Å². The molecule has 0 aromatic heterocycles. The van der Waals surface area contributed by atoms with E-state index < -0.39 is 0 Å². The Morgan fingerprint density at radius 3 is 2.42 bits per heavy atom. The normalized spacial score (nSPS) is 10.4. The van der Waals surface area contributed by atoms with Crippen molar-refractivity contribution in [3.8, 4) is 5.75 Å². The van der Waals surface area contributed by atoms with Crippen LogP contribution in [0.2, 0.25) is 0 Å². The summed E-state index contributed by atoms with van der Waals surface area (Å²) in [6.07, 6.45) is 7.49. The molecule has 0 bridgehead atoms. The Kier molecular flexibility index (Phi) is 13.8. The molecular formula is C21H31NOS. The zero-order valence-electron chi connectivity index (χ0n) is 15.3. The molecule has 0 radical (unpaired) electrons. The molecule has 24 heavy (non-hydrogen) atoms. The third-order valence-corrected chi connectivity index (χ3v) is 4.07. The van der Waals surface area contributed by atoms with Crippen molar-refractivity contribution >= 4 is 11.8 Å². The van der Waals surface area contributed by atoms with Gasteiger partial charge in [0.25, 0.3) is 0 Å². The van der Waals surface area contributed by atoms with E-state index in [4.69, 9.17) is 4.74 Å². The fourth-order valence-electron chi connectivity index (χ4n) is 1.79. The lowest BCUT2D eigenvalue weighted by Gasteiger charge is -2.09. The van der Waals surface area contributed by atoms with Crippen molar-refractivity contribution in [3.05, 3.63) is 78.5 Å². The van der Waals surface area contributed by atoms with E-state index >= 15 is 0 Å². The first-order chi connectivity index (χ1) is 11.7. The Balaban J connectivity index is 0.00000254. The Morgan fingerprint density at radius 1 is 1.21 bits per heavy atom. The molecule has 0 aliphatic carbocycles. The number of rotatable bonds is 11. The number of hydrogen-bond acceptors (Lipinski definition) is 3. The summed E-state index contributed by atoms with van der Waals surface area (Å²) in [6, 6.07) is 8.14. The number of hydrogen-bond donors (Lipinski definition) is 1. The first kappa shape index (κ1) is 22.3. The molecule has 0 amide bonds. The van der Waals surface area contributed by atoms with Crippen LogP contribution in [0, 0.1) is 0 Å². The highest BCUT2D eigenvalue weighted by Gasteiger charge is 2.00. The average Bonchev–Trinajstić information content (AvgIpc) is 2.62. The van der Waals surface area contributed by atoms with Gasteiger partial charge in [-0.2, -0.15) is 0 Å². The zero-order valence-corrected chi connectivity index (χ0v) is 16.1. The van der Waals surface area contributed by atoms with Crippen LogP contribution < -0.4 is 10.1 Å². The van der Waals surface area contributed by atoms with E-state index in [-0.39, 0.29) is 0 Å². The first-order valence-corrected chi connectivity index (χ1v) is 9.35. The van der Waals surface area contributed by atoms with Crippen LogP contribution in [-0.2, 0) is 5.75 Å². The van der Waals surface area contributed by atoms with E-state index in [2.05, 4.69) is 37.2 Å². The maximum absolute atomic E-state index is 5.73. The Labute approximate surface area is 152 Å². The molecule has 0 aliphatic rings. The van der Waals surface area contributed by atoms with Gasteiger partial charge in [-0.15, -0.1) is 11.8 Å². The predicted molar refractivity (Wildman–Crippen MR) is 110 cm³/mol. The van der Waals surface area contributed by atoms with E-state index in [1.807, 2.05) is 45.2 Å². The van der Waals surface area contributed by atoms with Crippen molar-refractivity contribution in [2.45, 2.75) is 32.4 Å². The maximum Gasteiger partial charge on any atom is 0.126 e. The zero-order chi connectivity index (χ0) is 18.2. The molecule has 0 aliphatic heterocycles. The molecule has 0 atom stereocenters. The topological polar surface area (TPSA) is 21.3 Å². The summed E-state index contributed by atoms with van der Waals surface area (Å²) in [7, 11) is 1.95. The predicted octanol–water partition coefficient (Wildman–Crippen LogP) is 6.09. The van der Waals surface area contributed by atoms with Gasteiger partial charge in [-0.05, 0) is 43.8 Å². The quantitative estimate of drug-likeness (QED) is 0.298. The monoisotopic (exact) mass is 345 g/mol.